The topological polar surface area (TPSA) is 75.9 Å². The van der Waals surface area contributed by atoms with E-state index in [0.717, 1.165) is 24.3 Å². The van der Waals surface area contributed by atoms with E-state index in [-0.39, 0.29) is 0 Å². The molecule has 2 rings (SSSR count). The normalized spacial score (nSPS) is 10.3. The third kappa shape index (κ3) is 3.20. The molecule has 100 valence electrons. The van der Waals surface area contributed by atoms with Crippen molar-refractivity contribution in [2.24, 2.45) is 5.84 Å². The van der Waals surface area contributed by atoms with Gasteiger partial charge in [-0.25, -0.2) is 10.8 Å². The maximum absolute atomic E-state index is 5.32. The quantitative estimate of drug-likeness (QED) is 0.566. The highest BCUT2D eigenvalue weighted by molar-refractivity contribution is 5.47. The zero-order valence-corrected chi connectivity index (χ0v) is 11.3. The Morgan fingerprint density at radius 1 is 1.21 bits per heavy atom. The molecule has 0 saturated carbocycles. The van der Waals surface area contributed by atoms with E-state index < -0.39 is 0 Å². The second-order valence-electron chi connectivity index (χ2n) is 4.35. The number of nitrogen functional groups attached to an aromatic ring is 1. The Labute approximate surface area is 113 Å². The summed E-state index contributed by atoms with van der Waals surface area (Å²) in [4.78, 5) is 8.36. The summed E-state index contributed by atoms with van der Waals surface area (Å²) in [7, 11) is 0. The molecule has 0 amide bonds. The zero-order valence-electron chi connectivity index (χ0n) is 11.3. The van der Waals surface area contributed by atoms with Crippen LogP contribution in [0.1, 0.15) is 23.6 Å². The summed E-state index contributed by atoms with van der Waals surface area (Å²) in [5, 5.41) is 3.33. The molecule has 2 aromatic rings. The molecule has 4 N–H and O–H groups in total. The summed E-state index contributed by atoms with van der Waals surface area (Å²) in [5.41, 5.74) is 6.08. The fraction of sp³-hybridized carbons (Fsp3) is 0.286. The summed E-state index contributed by atoms with van der Waals surface area (Å²) < 4.78 is 0. The molecule has 1 heterocycles. The van der Waals surface area contributed by atoms with Crippen LogP contribution in [0.5, 0.6) is 0 Å². The molecule has 5 heteroatoms. The van der Waals surface area contributed by atoms with E-state index in [1.54, 1.807) is 6.20 Å². The van der Waals surface area contributed by atoms with Crippen molar-refractivity contribution >= 4 is 11.8 Å². The lowest BCUT2D eigenvalue weighted by Gasteiger charge is -2.12. The third-order valence-electron chi connectivity index (χ3n) is 3.05. The standard InChI is InChI=1S/C14H19N5/c1-3-11-6-4-5-7-12(11)9-16-13-10(2)8-17-14(18-13)19-15/h4-8H,3,9,15H2,1-2H3,(H2,16,17,18,19). The van der Waals surface area contributed by atoms with Crippen LogP contribution >= 0.6 is 0 Å². The first-order chi connectivity index (χ1) is 9.24. The van der Waals surface area contributed by atoms with E-state index in [1.165, 1.54) is 11.1 Å². The van der Waals surface area contributed by atoms with Gasteiger partial charge in [0.15, 0.2) is 0 Å². The predicted octanol–water partition coefficient (Wildman–Crippen LogP) is 2.25. The van der Waals surface area contributed by atoms with Crippen molar-refractivity contribution in [1.82, 2.24) is 9.97 Å². The van der Waals surface area contributed by atoms with Gasteiger partial charge in [-0.15, -0.1) is 0 Å². The number of hydrazine groups is 1. The van der Waals surface area contributed by atoms with Crippen molar-refractivity contribution in [3.8, 4) is 0 Å². The highest BCUT2D eigenvalue weighted by atomic mass is 15.3. The smallest absolute Gasteiger partial charge is 0.239 e. The number of nitrogens with two attached hydrogens (primary N) is 1. The molecule has 0 fully saturated rings. The molecule has 1 aromatic carbocycles. The lowest BCUT2D eigenvalue weighted by molar-refractivity contribution is 1.01. The highest BCUT2D eigenvalue weighted by Crippen LogP contribution is 2.15. The van der Waals surface area contributed by atoms with Crippen LogP contribution in [0.3, 0.4) is 0 Å². The second-order valence-corrected chi connectivity index (χ2v) is 4.35. The zero-order chi connectivity index (χ0) is 13.7. The lowest BCUT2D eigenvalue weighted by atomic mass is 10.1. The largest absolute Gasteiger partial charge is 0.366 e. The van der Waals surface area contributed by atoms with Crippen molar-refractivity contribution < 1.29 is 0 Å². The Hall–Kier alpha value is -2.14. The summed E-state index contributed by atoms with van der Waals surface area (Å²) >= 11 is 0. The van der Waals surface area contributed by atoms with Crippen LogP contribution in [-0.2, 0) is 13.0 Å². The van der Waals surface area contributed by atoms with Gasteiger partial charge < -0.3 is 5.32 Å². The Bertz CT molecular complexity index is 553. The summed E-state index contributed by atoms with van der Waals surface area (Å²) in [6.45, 7) is 4.87. The molecule has 0 radical (unpaired) electrons. The molecule has 0 unspecified atom stereocenters. The van der Waals surface area contributed by atoms with Gasteiger partial charge in [0.2, 0.25) is 5.95 Å². The first kappa shape index (κ1) is 13.3. The fourth-order valence-corrected chi connectivity index (χ4v) is 1.94. The summed E-state index contributed by atoms with van der Waals surface area (Å²) in [6, 6.07) is 8.39. The van der Waals surface area contributed by atoms with Crippen LogP contribution in [0.2, 0.25) is 0 Å². The maximum Gasteiger partial charge on any atom is 0.239 e. The van der Waals surface area contributed by atoms with E-state index in [0.29, 0.717) is 5.95 Å². The van der Waals surface area contributed by atoms with Gasteiger partial charge in [0.1, 0.15) is 5.82 Å². The average molecular weight is 257 g/mol. The Morgan fingerprint density at radius 3 is 2.63 bits per heavy atom. The van der Waals surface area contributed by atoms with Gasteiger partial charge >= 0.3 is 0 Å². The van der Waals surface area contributed by atoms with Gasteiger partial charge in [-0.05, 0) is 24.5 Å². The first-order valence-corrected chi connectivity index (χ1v) is 6.35. The Kier molecular flexibility index (Phi) is 4.30. The van der Waals surface area contributed by atoms with Gasteiger partial charge in [0.05, 0.1) is 0 Å². The van der Waals surface area contributed by atoms with Crippen LogP contribution in [-0.4, -0.2) is 9.97 Å². The van der Waals surface area contributed by atoms with Crippen LogP contribution in [0.4, 0.5) is 11.8 Å². The minimum absolute atomic E-state index is 0.414. The van der Waals surface area contributed by atoms with Crippen molar-refractivity contribution in [3.63, 3.8) is 0 Å². The number of nitrogens with one attached hydrogen (secondary N) is 2. The van der Waals surface area contributed by atoms with Gasteiger partial charge in [0.25, 0.3) is 0 Å². The van der Waals surface area contributed by atoms with Crippen molar-refractivity contribution in [2.75, 3.05) is 10.7 Å². The molecule has 0 bridgehead atoms. The van der Waals surface area contributed by atoms with Gasteiger partial charge in [0, 0.05) is 18.3 Å². The van der Waals surface area contributed by atoms with Crippen LogP contribution in [0, 0.1) is 6.92 Å². The molecule has 5 nitrogen and oxygen atoms in total. The molecule has 0 saturated heterocycles. The van der Waals surface area contributed by atoms with E-state index in [1.807, 2.05) is 6.92 Å². The number of hydrogen-bond acceptors (Lipinski definition) is 5. The number of aryl methyl sites for hydroxylation is 2. The Morgan fingerprint density at radius 2 is 1.95 bits per heavy atom. The molecule has 0 aliphatic carbocycles. The van der Waals surface area contributed by atoms with E-state index in [9.17, 15) is 0 Å². The fourth-order valence-electron chi connectivity index (χ4n) is 1.94. The van der Waals surface area contributed by atoms with E-state index in [2.05, 4.69) is 51.9 Å². The second kappa shape index (κ2) is 6.15. The van der Waals surface area contributed by atoms with Crippen molar-refractivity contribution in [2.45, 2.75) is 26.8 Å². The maximum atomic E-state index is 5.32. The molecular weight excluding hydrogens is 238 g/mol. The molecular formula is C14H19N5. The summed E-state index contributed by atoms with van der Waals surface area (Å²) in [5.74, 6) is 6.53. The monoisotopic (exact) mass is 257 g/mol. The predicted molar refractivity (Wildman–Crippen MR) is 77.7 cm³/mol. The van der Waals surface area contributed by atoms with Crippen LogP contribution in [0.25, 0.3) is 0 Å². The molecule has 0 spiro atoms. The van der Waals surface area contributed by atoms with Crippen LogP contribution in [0.15, 0.2) is 30.5 Å². The number of nitrogens with zero attached hydrogens (tertiary/aromatic N) is 2. The molecule has 0 aliphatic rings. The minimum Gasteiger partial charge on any atom is -0.366 e. The van der Waals surface area contributed by atoms with Crippen molar-refractivity contribution in [3.05, 3.63) is 47.2 Å². The third-order valence-corrected chi connectivity index (χ3v) is 3.05. The highest BCUT2D eigenvalue weighted by Gasteiger charge is 2.04. The van der Waals surface area contributed by atoms with E-state index in [4.69, 9.17) is 5.84 Å². The molecule has 19 heavy (non-hydrogen) atoms. The number of aromatic nitrogens is 2. The Balaban J connectivity index is 2.14. The first-order valence-electron chi connectivity index (χ1n) is 6.35. The minimum atomic E-state index is 0.414. The van der Waals surface area contributed by atoms with Gasteiger partial charge in [-0.2, -0.15) is 4.98 Å². The van der Waals surface area contributed by atoms with Crippen LogP contribution < -0.4 is 16.6 Å². The van der Waals surface area contributed by atoms with Gasteiger partial charge in [-0.1, -0.05) is 31.2 Å². The summed E-state index contributed by atoms with van der Waals surface area (Å²) in [6.07, 6.45) is 2.77. The number of hydrogen-bond donors (Lipinski definition) is 3. The van der Waals surface area contributed by atoms with Crippen molar-refractivity contribution in [1.29, 1.82) is 0 Å². The average Bonchev–Trinajstić information content (AvgIpc) is 2.46. The number of benzene rings is 1. The molecule has 0 atom stereocenters. The van der Waals surface area contributed by atoms with E-state index >= 15 is 0 Å². The SMILES string of the molecule is CCc1ccccc1CNc1nc(NN)ncc1C. The molecule has 0 aliphatic heterocycles. The molecule has 1 aromatic heterocycles. The van der Waals surface area contributed by atoms with Gasteiger partial charge in [-0.3, -0.25) is 5.43 Å². The lowest BCUT2D eigenvalue weighted by Crippen LogP contribution is -2.13. The number of anilines is 2. The number of rotatable bonds is 5.